The quantitative estimate of drug-likeness (QED) is 0.567. The van der Waals surface area contributed by atoms with Crippen LogP contribution < -0.4 is 0 Å². The first-order valence-electron chi connectivity index (χ1n) is 7.30. The molecule has 0 unspecified atom stereocenters. The van der Waals surface area contributed by atoms with E-state index in [4.69, 9.17) is 8.83 Å². The van der Waals surface area contributed by atoms with Crippen LogP contribution in [0.4, 0.5) is 0 Å². The fraction of sp³-hybridized carbons (Fsp3) is 0.353. The molecule has 1 saturated carbocycles. The normalized spacial score (nSPS) is 16.6. The van der Waals surface area contributed by atoms with E-state index >= 15 is 0 Å². The first-order chi connectivity index (χ1) is 10.6. The maximum Gasteiger partial charge on any atom is 0.235 e. The first-order valence-corrected chi connectivity index (χ1v) is 7.30. The number of carbonyl (C=O) groups excluding carboxylic acids is 1. The Bertz CT molecular complexity index is 895. The Morgan fingerprint density at radius 3 is 2.36 bits per heavy atom. The standard InChI is InChI=1S/C17H15NO4/c1-9-6-11-13(17(18-8-19)4-3-5-17)15-12(7-10(2)21-15)14(20)16(11)22-9/h6-7,20H,3-5H2,1-2H3. The third kappa shape index (κ3) is 1.54. The van der Waals surface area contributed by atoms with Crippen molar-refractivity contribution in [1.82, 2.24) is 0 Å². The van der Waals surface area contributed by atoms with E-state index in [1.54, 1.807) is 12.1 Å². The first kappa shape index (κ1) is 13.2. The van der Waals surface area contributed by atoms with Gasteiger partial charge in [0.05, 0.1) is 5.39 Å². The molecule has 2 aromatic heterocycles. The Hall–Kier alpha value is -2.52. The summed E-state index contributed by atoms with van der Waals surface area (Å²) >= 11 is 0. The van der Waals surface area contributed by atoms with Crippen molar-refractivity contribution in [2.75, 3.05) is 0 Å². The van der Waals surface area contributed by atoms with E-state index in [2.05, 4.69) is 4.99 Å². The number of rotatable bonds is 2. The van der Waals surface area contributed by atoms with Gasteiger partial charge >= 0.3 is 0 Å². The van der Waals surface area contributed by atoms with Crippen molar-refractivity contribution in [1.29, 1.82) is 0 Å². The third-order valence-corrected chi connectivity index (χ3v) is 4.58. The van der Waals surface area contributed by atoms with Crippen molar-refractivity contribution in [3.05, 3.63) is 29.2 Å². The maximum atomic E-state index is 10.9. The molecule has 0 atom stereocenters. The predicted octanol–water partition coefficient (Wildman–Crippen LogP) is 4.22. The number of fused-ring (bicyclic) bond motifs is 2. The van der Waals surface area contributed by atoms with Gasteiger partial charge in [-0.1, -0.05) is 0 Å². The Balaban J connectivity index is 2.22. The fourth-order valence-corrected chi connectivity index (χ4v) is 3.48. The highest BCUT2D eigenvalue weighted by molar-refractivity contribution is 6.05. The van der Waals surface area contributed by atoms with E-state index in [0.29, 0.717) is 28.1 Å². The van der Waals surface area contributed by atoms with E-state index in [0.717, 1.165) is 30.2 Å². The molecular weight excluding hydrogens is 282 g/mol. The number of furan rings is 2. The lowest BCUT2D eigenvalue weighted by Gasteiger charge is -2.37. The molecule has 0 radical (unpaired) electrons. The van der Waals surface area contributed by atoms with Gasteiger partial charge in [0.25, 0.3) is 0 Å². The number of benzene rings is 1. The zero-order valence-electron chi connectivity index (χ0n) is 12.4. The second kappa shape index (κ2) is 4.24. The van der Waals surface area contributed by atoms with Crippen LogP contribution in [0.3, 0.4) is 0 Å². The summed E-state index contributed by atoms with van der Waals surface area (Å²) in [6.07, 6.45) is 4.23. The van der Waals surface area contributed by atoms with E-state index in [-0.39, 0.29) is 5.75 Å². The van der Waals surface area contributed by atoms with Crippen LogP contribution in [0.5, 0.6) is 5.75 Å². The van der Waals surface area contributed by atoms with Crippen molar-refractivity contribution in [2.24, 2.45) is 4.99 Å². The number of aliphatic imine (C=N–C) groups is 1. The van der Waals surface area contributed by atoms with Gasteiger partial charge in [-0.15, -0.1) is 0 Å². The van der Waals surface area contributed by atoms with Gasteiger partial charge in [-0.05, 0) is 45.2 Å². The van der Waals surface area contributed by atoms with Gasteiger partial charge in [-0.3, -0.25) is 0 Å². The zero-order valence-corrected chi connectivity index (χ0v) is 12.4. The summed E-state index contributed by atoms with van der Waals surface area (Å²) in [5.41, 5.74) is 1.22. The molecule has 0 aliphatic heterocycles. The summed E-state index contributed by atoms with van der Waals surface area (Å²) in [7, 11) is 0. The second-order valence-electron chi connectivity index (χ2n) is 6.01. The molecule has 0 bridgehead atoms. The summed E-state index contributed by atoms with van der Waals surface area (Å²) in [5, 5.41) is 11.8. The van der Waals surface area contributed by atoms with E-state index in [1.165, 1.54) is 0 Å². The van der Waals surface area contributed by atoms with Crippen LogP contribution in [-0.4, -0.2) is 11.2 Å². The molecule has 4 rings (SSSR count). The van der Waals surface area contributed by atoms with Crippen molar-refractivity contribution < 1.29 is 18.7 Å². The smallest absolute Gasteiger partial charge is 0.235 e. The molecule has 1 fully saturated rings. The number of nitrogens with zero attached hydrogens (tertiary/aromatic N) is 1. The Kier molecular flexibility index (Phi) is 2.54. The molecular formula is C17H15NO4. The molecule has 2 heterocycles. The molecule has 1 aromatic carbocycles. The Labute approximate surface area is 126 Å². The van der Waals surface area contributed by atoms with E-state index in [1.807, 2.05) is 19.9 Å². The molecule has 3 aromatic rings. The van der Waals surface area contributed by atoms with Crippen LogP contribution in [0, 0.1) is 13.8 Å². The number of isocyanates is 1. The number of hydrogen-bond donors (Lipinski definition) is 1. The van der Waals surface area contributed by atoms with Crippen LogP contribution in [0.2, 0.25) is 0 Å². The van der Waals surface area contributed by atoms with Gasteiger partial charge in [0.1, 0.15) is 22.6 Å². The van der Waals surface area contributed by atoms with E-state index < -0.39 is 5.54 Å². The van der Waals surface area contributed by atoms with Gasteiger partial charge in [0.15, 0.2) is 11.3 Å². The maximum absolute atomic E-state index is 10.9. The molecule has 0 saturated heterocycles. The minimum atomic E-state index is -0.618. The van der Waals surface area contributed by atoms with Crippen molar-refractivity contribution >= 4 is 28.0 Å². The third-order valence-electron chi connectivity index (χ3n) is 4.58. The topological polar surface area (TPSA) is 75.9 Å². The summed E-state index contributed by atoms with van der Waals surface area (Å²) in [5.74, 6) is 1.46. The van der Waals surface area contributed by atoms with Gasteiger partial charge in [-0.2, -0.15) is 4.99 Å². The van der Waals surface area contributed by atoms with Gasteiger partial charge in [0.2, 0.25) is 6.08 Å². The molecule has 5 nitrogen and oxygen atoms in total. The summed E-state index contributed by atoms with van der Waals surface area (Å²) in [6.45, 7) is 3.65. The molecule has 0 amide bonds. The Morgan fingerprint density at radius 2 is 1.77 bits per heavy atom. The zero-order chi connectivity index (χ0) is 15.5. The molecule has 1 N–H and O–H groups in total. The highest BCUT2D eigenvalue weighted by Crippen LogP contribution is 2.52. The van der Waals surface area contributed by atoms with Crippen molar-refractivity contribution in [3.63, 3.8) is 0 Å². The molecule has 1 aliphatic carbocycles. The number of phenolic OH excluding ortho intramolecular Hbond substituents is 1. The lowest BCUT2D eigenvalue weighted by Crippen LogP contribution is -2.32. The number of phenols is 1. The van der Waals surface area contributed by atoms with Crippen molar-refractivity contribution in [2.45, 2.75) is 38.6 Å². The van der Waals surface area contributed by atoms with Crippen LogP contribution in [-0.2, 0) is 10.3 Å². The van der Waals surface area contributed by atoms with Crippen molar-refractivity contribution in [3.8, 4) is 5.75 Å². The van der Waals surface area contributed by atoms with Crippen LogP contribution in [0.15, 0.2) is 26.0 Å². The molecule has 0 spiro atoms. The lowest BCUT2D eigenvalue weighted by molar-refractivity contribution is 0.258. The summed E-state index contributed by atoms with van der Waals surface area (Å²) in [4.78, 5) is 15.0. The van der Waals surface area contributed by atoms with Gasteiger partial charge < -0.3 is 13.9 Å². The minimum absolute atomic E-state index is 0.0725. The average molecular weight is 297 g/mol. The lowest BCUT2D eigenvalue weighted by atomic mass is 9.71. The minimum Gasteiger partial charge on any atom is -0.504 e. The monoisotopic (exact) mass is 297 g/mol. The van der Waals surface area contributed by atoms with Crippen LogP contribution in [0.1, 0.15) is 36.3 Å². The molecule has 5 heteroatoms. The number of hydrogen-bond acceptors (Lipinski definition) is 5. The molecule has 1 aliphatic rings. The summed E-state index contributed by atoms with van der Waals surface area (Å²) < 4.78 is 11.5. The van der Waals surface area contributed by atoms with E-state index in [9.17, 15) is 9.90 Å². The van der Waals surface area contributed by atoms with Gasteiger partial charge in [0, 0.05) is 10.9 Å². The fourth-order valence-electron chi connectivity index (χ4n) is 3.48. The second-order valence-corrected chi connectivity index (χ2v) is 6.01. The van der Waals surface area contributed by atoms with Crippen LogP contribution >= 0.6 is 0 Å². The highest BCUT2D eigenvalue weighted by atomic mass is 16.4. The largest absolute Gasteiger partial charge is 0.504 e. The predicted molar refractivity (Wildman–Crippen MR) is 80.8 cm³/mol. The van der Waals surface area contributed by atoms with Gasteiger partial charge in [-0.25, -0.2) is 4.79 Å². The number of aromatic hydroxyl groups is 1. The molecule has 112 valence electrons. The Morgan fingerprint density at radius 1 is 1.14 bits per heavy atom. The average Bonchev–Trinajstić information content (AvgIpc) is 2.99. The molecule has 22 heavy (non-hydrogen) atoms. The summed E-state index contributed by atoms with van der Waals surface area (Å²) in [6, 6.07) is 3.64. The van der Waals surface area contributed by atoms with Crippen LogP contribution in [0.25, 0.3) is 21.9 Å². The SMILES string of the molecule is Cc1cc2c(C3(N=C=O)CCC3)c3oc(C)cc3c(O)c2o1. The number of aryl methyl sites for hydroxylation is 2. The highest BCUT2D eigenvalue weighted by Gasteiger charge is 2.43.